The van der Waals surface area contributed by atoms with E-state index >= 15 is 0 Å². The monoisotopic (exact) mass is 357 g/mol. The summed E-state index contributed by atoms with van der Waals surface area (Å²) in [6, 6.07) is 2.06. The molecule has 2 atom stereocenters. The second-order valence-corrected chi connectivity index (χ2v) is 7.08. The van der Waals surface area contributed by atoms with Crippen LogP contribution in [0.3, 0.4) is 0 Å². The molecule has 0 saturated heterocycles. The number of carbonyl (C=O) groups excluding carboxylic acids is 1. The Bertz CT molecular complexity index is 867. The van der Waals surface area contributed by atoms with Gasteiger partial charge in [0.1, 0.15) is 5.15 Å². The molecule has 0 saturated carbocycles. The molecule has 2 aliphatic rings. The number of halogens is 1. The number of hydrogen-bond acceptors (Lipinski definition) is 3. The SMILES string of the molecule is CCc1cc2c(nc1Cl)=CCC(C)=C(C(=O)C1C=CC(OC)CC1)C=2. The number of nitrogens with zero attached hydrogens (tertiary/aromatic N) is 1. The van der Waals surface area contributed by atoms with E-state index in [-0.39, 0.29) is 17.8 Å². The standard InChI is InChI=1S/C21H24ClNO2/c1-4-14-11-16-12-18(13(2)5-10-19(16)23-21(14)22)20(24)15-6-8-17(25-3)9-7-15/h6,8,10-12,15,17H,4-5,7,9H2,1-3H3. The van der Waals surface area contributed by atoms with Crippen molar-refractivity contribution >= 4 is 29.5 Å². The van der Waals surface area contributed by atoms with E-state index in [1.807, 2.05) is 25.2 Å². The minimum Gasteiger partial charge on any atom is -0.377 e. The number of aryl methyl sites for hydroxylation is 1. The van der Waals surface area contributed by atoms with Crippen LogP contribution in [0.4, 0.5) is 0 Å². The average molecular weight is 358 g/mol. The van der Waals surface area contributed by atoms with Crippen molar-refractivity contribution in [3.05, 3.63) is 50.6 Å². The molecule has 0 radical (unpaired) electrons. The lowest BCUT2D eigenvalue weighted by Gasteiger charge is -2.21. The third kappa shape index (κ3) is 3.78. The number of carbonyl (C=O) groups is 1. The lowest BCUT2D eigenvalue weighted by Crippen LogP contribution is -2.29. The highest BCUT2D eigenvalue weighted by molar-refractivity contribution is 6.30. The number of fused-ring (bicyclic) bond motifs is 1. The number of pyridine rings is 1. The van der Waals surface area contributed by atoms with E-state index in [0.29, 0.717) is 5.15 Å². The quantitative estimate of drug-likeness (QED) is 0.614. The first-order valence-corrected chi connectivity index (χ1v) is 9.23. The highest BCUT2D eigenvalue weighted by atomic mass is 35.5. The molecule has 0 fully saturated rings. The van der Waals surface area contributed by atoms with Crippen LogP contribution < -0.4 is 10.6 Å². The highest BCUT2D eigenvalue weighted by Gasteiger charge is 2.24. The number of Topliss-reactive ketones (excluding diaryl/α,β-unsaturated/α-hetero) is 1. The van der Waals surface area contributed by atoms with Crippen molar-refractivity contribution in [2.75, 3.05) is 7.11 Å². The van der Waals surface area contributed by atoms with Crippen LogP contribution in [0.25, 0.3) is 12.2 Å². The van der Waals surface area contributed by atoms with Crippen LogP contribution in [0.15, 0.2) is 29.4 Å². The lowest BCUT2D eigenvalue weighted by molar-refractivity contribution is -0.118. The average Bonchev–Trinajstić information content (AvgIpc) is 2.79. The van der Waals surface area contributed by atoms with E-state index < -0.39 is 0 Å². The third-order valence-electron chi connectivity index (χ3n) is 5.08. The predicted octanol–water partition coefficient (Wildman–Crippen LogP) is 3.13. The Labute approximate surface area is 153 Å². The summed E-state index contributed by atoms with van der Waals surface area (Å²) in [5.74, 6) is 0.123. The molecule has 132 valence electrons. The molecule has 0 N–H and O–H groups in total. The summed E-state index contributed by atoms with van der Waals surface area (Å²) >= 11 is 6.25. The van der Waals surface area contributed by atoms with Gasteiger partial charge in [-0.1, -0.05) is 42.3 Å². The maximum absolute atomic E-state index is 13.1. The molecule has 2 aliphatic carbocycles. The van der Waals surface area contributed by atoms with Crippen molar-refractivity contribution in [2.24, 2.45) is 5.92 Å². The minimum atomic E-state index is -0.0694. The van der Waals surface area contributed by atoms with Crippen LogP contribution in [0.5, 0.6) is 0 Å². The van der Waals surface area contributed by atoms with Crippen molar-refractivity contribution in [3.63, 3.8) is 0 Å². The maximum atomic E-state index is 13.1. The van der Waals surface area contributed by atoms with Gasteiger partial charge in [0, 0.05) is 23.8 Å². The Morgan fingerprint density at radius 1 is 1.36 bits per heavy atom. The molecule has 0 spiro atoms. The summed E-state index contributed by atoms with van der Waals surface area (Å²) in [4.78, 5) is 17.6. The summed E-state index contributed by atoms with van der Waals surface area (Å²) in [5.41, 5.74) is 2.91. The van der Waals surface area contributed by atoms with Gasteiger partial charge in [-0.05, 0) is 50.3 Å². The predicted molar refractivity (Wildman–Crippen MR) is 102 cm³/mol. The lowest BCUT2D eigenvalue weighted by atomic mass is 9.86. The molecule has 0 aliphatic heterocycles. The summed E-state index contributed by atoms with van der Waals surface area (Å²) in [5, 5.41) is 2.40. The normalized spacial score (nSPS) is 22.7. The van der Waals surface area contributed by atoms with Gasteiger partial charge in [0.25, 0.3) is 0 Å². The van der Waals surface area contributed by atoms with E-state index in [4.69, 9.17) is 16.3 Å². The number of ether oxygens (including phenoxy) is 1. The highest BCUT2D eigenvalue weighted by Crippen LogP contribution is 2.25. The summed E-state index contributed by atoms with van der Waals surface area (Å²) in [6.45, 7) is 4.08. The number of aromatic nitrogens is 1. The molecular weight excluding hydrogens is 334 g/mol. The number of hydrogen-bond donors (Lipinski definition) is 0. The molecule has 0 amide bonds. The van der Waals surface area contributed by atoms with Gasteiger partial charge < -0.3 is 4.74 Å². The molecule has 0 bridgehead atoms. The van der Waals surface area contributed by atoms with Gasteiger partial charge >= 0.3 is 0 Å². The van der Waals surface area contributed by atoms with Crippen molar-refractivity contribution in [1.29, 1.82) is 0 Å². The second-order valence-electron chi connectivity index (χ2n) is 6.72. The molecular formula is C21H24ClNO2. The van der Waals surface area contributed by atoms with E-state index in [1.54, 1.807) is 7.11 Å². The van der Waals surface area contributed by atoms with E-state index in [2.05, 4.69) is 24.1 Å². The van der Waals surface area contributed by atoms with E-state index in [0.717, 1.165) is 53.0 Å². The maximum Gasteiger partial charge on any atom is 0.169 e. The number of ketones is 1. The number of rotatable bonds is 4. The van der Waals surface area contributed by atoms with Crippen LogP contribution in [0.1, 0.15) is 38.7 Å². The van der Waals surface area contributed by atoms with Crippen molar-refractivity contribution in [1.82, 2.24) is 4.98 Å². The molecule has 0 aromatic carbocycles. The van der Waals surface area contributed by atoms with Crippen LogP contribution in [-0.2, 0) is 16.0 Å². The van der Waals surface area contributed by atoms with Crippen LogP contribution >= 0.6 is 11.6 Å². The van der Waals surface area contributed by atoms with Crippen LogP contribution in [0.2, 0.25) is 5.15 Å². The van der Waals surface area contributed by atoms with Crippen molar-refractivity contribution < 1.29 is 9.53 Å². The zero-order valence-electron chi connectivity index (χ0n) is 15.0. The third-order valence-corrected chi connectivity index (χ3v) is 5.40. The molecule has 1 aromatic heterocycles. The van der Waals surface area contributed by atoms with Gasteiger partial charge in [0.15, 0.2) is 5.78 Å². The first-order chi connectivity index (χ1) is 12.0. The Balaban J connectivity index is 1.99. The molecule has 1 heterocycles. The fourth-order valence-corrected chi connectivity index (χ4v) is 3.70. The number of allylic oxidation sites excluding steroid dienone is 3. The van der Waals surface area contributed by atoms with Crippen molar-refractivity contribution in [3.8, 4) is 0 Å². The zero-order valence-corrected chi connectivity index (χ0v) is 15.8. The van der Waals surface area contributed by atoms with E-state index in [1.165, 1.54) is 0 Å². The number of methoxy groups -OCH3 is 1. The smallest absolute Gasteiger partial charge is 0.169 e. The molecule has 4 heteroatoms. The van der Waals surface area contributed by atoms with Gasteiger partial charge in [-0.25, -0.2) is 4.98 Å². The Hall–Kier alpha value is -1.71. The minimum absolute atomic E-state index is 0.0694. The zero-order chi connectivity index (χ0) is 18.0. The molecule has 1 aromatic rings. The Morgan fingerprint density at radius 3 is 2.80 bits per heavy atom. The van der Waals surface area contributed by atoms with Gasteiger partial charge in [0.05, 0.1) is 11.5 Å². The Morgan fingerprint density at radius 2 is 2.16 bits per heavy atom. The Kier molecular flexibility index (Phi) is 5.55. The molecule has 3 rings (SSSR count). The molecule has 25 heavy (non-hydrogen) atoms. The first kappa shape index (κ1) is 18.1. The largest absolute Gasteiger partial charge is 0.377 e. The topological polar surface area (TPSA) is 39.2 Å². The summed E-state index contributed by atoms with van der Waals surface area (Å²) in [7, 11) is 1.71. The van der Waals surface area contributed by atoms with Gasteiger partial charge in [-0.3, -0.25) is 4.79 Å². The molecule has 2 unspecified atom stereocenters. The fraction of sp³-hybridized carbons (Fsp3) is 0.429. The van der Waals surface area contributed by atoms with E-state index in [9.17, 15) is 4.79 Å². The summed E-state index contributed by atoms with van der Waals surface area (Å²) < 4.78 is 5.35. The van der Waals surface area contributed by atoms with Crippen molar-refractivity contribution in [2.45, 2.75) is 45.6 Å². The van der Waals surface area contributed by atoms with Gasteiger partial charge in [0.2, 0.25) is 0 Å². The van der Waals surface area contributed by atoms with Crippen LogP contribution in [0, 0.1) is 5.92 Å². The van der Waals surface area contributed by atoms with Gasteiger partial charge in [-0.15, -0.1) is 0 Å². The molecule has 3 nitrogen and oxygen atoms in total. The summed E-state index contributed by atoms with van der Waals surface area (Å²) in [6.07, 6.45) is 11.4. The van der Waals surface area contributed by atoms with Gasteiger partial charge in [-0.2, -0.15) is 0 Å². The fourth-order valence-electron chi connectivity index (χ4n) is 3.42. The first-order valence-electron chi connectivity index (χ1n) is 8.86. The van der Waals surface area contributed by atoms with Crippen LogP contribution in [-0.4, -0.2) is 24.0 Å². The second kappa shape index (κ2) is 7.67.